The maximum Gasteiger partial charge on any atom is 0.179 e. The van der Waals surface area contributed by atoms with E-state index in [1.165, 1.54) is 0 Å². The van der Waals surface area contributed by atoms with Crippen LogP contribution in [0.1, 0.15) is 24.0 Å². The van der Waals surface area contributed by atoms with Gasteiger partial charge < -0.3 is 0 Å². The molecule has 2 nitrogen and oxygen atoms in total. The van der Waals surface area contributed by atoms with Crippen molar-refractivity contribution in [3.63, 3.8) is 0 Å². The van der Waals surface area contributed by atoms with Crippen molar-refractivity contribution in [3.8, 4) is 0 Å². The van der Waals surface area contributed by atoms with Crippen molar-refractivity contribution < 1.29 is 8.42 Å². The highest BCUT2D eigenvalue weighted by molar-refractivity contribution is 9.10. The lowest BCUT2D eigenvalue weighted by molar-refractivity contribution is 0.594. The molecule has 1 aliphatic rings. The van der Waals surface area contributed by atoms with E-state index in [1.54, 1.807) is 12.1 Å². The van der Waals surface area contributed by atoms with Gasteiger partial charge in [-0.25, -0.2) is 8.42 Å². The summed E-state index contributed by atoms with van der Waals surface area (Å²) in [6.07, 6.45) is 1.91. The Balaban J connectivity index is 2.32. The Labute approximate surface area is 105 Å². The summed E-state index contributed by atoms with van der Waals surface area (Å²) in [7, 11) is -3.14. The number of aryl methyl sites for hydroxylation is 2. The second-order valence-corrected chi connectivity index (χ2v) is 8.33. The molecular weight excluding hydrogens is 288 g/mol. The predicted octanol–water partition coefficient (Wildman–Crippen LogP) is 3.00. The highest BCUT2D eigenvalue weighted by Crippen LogP contribution is 2.46. The minimum Gasteiger partial charge on any atom is -0.224 e. The van der Waals surface area contributed by atoms with Crippen molar-refractivity contribution in [1.82, 2.24) is 0 Å². The van der Waals surface area contributed by atoms with Crippen LogP contribution >= 0.6 is 15.9 Å². The molecule has 1 saturated carbocycles. The molecule has 1 aliphatic carbocycles. The molecule has 0 unspecified atom stereocenters. The molecule has 0 heterocycles. The molecule has 0 saturated heterocycles. The van der Waals surface area contributed by atoms with E-state index in [1.807, 2.05) is 19.9 Å². The quantitative estimate of drug-likeness (QED) is 0.804. The third-order valence-corrected chi connectivity index (χ3v) is 6.43. The average molecular weight is 303 g/mol. The van der Waals surface area contributed by atoms with Crippen LogP contribution < -0.4 is 0 Å². The molecule has 0 aromatic heterocycles. The van der Waals surface area contributed by atoms with E-state index in [0.717, 1.165) is 24.0 Å². The minimum absolute atomic E-state index is 0.148. The zero-order chi connectivity index (χ0) is 12.0. The van der Waals surface area contributed by atoms with Crippen LogP contribution in [0.25, 0.3) is 0 Å². The molecule has 0 radical (unpaired) electrons. The fourth-order valence-corrected chi connectivity index (χ4v) is 4.48. The van der Waals surface area contributed by atoms with Crippen LogP contribution in [-0.2, 0) is 9.84 Å². The van der Waals surface area contributed by atoms with Crippen molar-refractivity contribution in [1.29, 1.82) is 0 Å². The molecule has 0 bridgehead atoms. The van der Waals surface area contributed by atoms with Gasteiger partial charge in [0.25, 0.3) is 0 Å². The van der Waals surface area contributed by atoms with Gasteiger partial charge in [0.15, 0.2) is 9.84 Å². The Morgan fingerprint density at radius 1 is 1.25 bits per heavy atom. The normalized spacial score (nSPS) is 18.4. The monoisotopic (exact) mass is 302 g/mol. The lowest BCUT2D eigenvalue weighted by Crippen LogP contribution is -2.17. The zero-order valence-corrected chi connectivity index (χ0v) is 11.9. The van der Waals surface area contributed by atoms with E-state index >= 15 is 0 Å². The Morgan fingerprint density at radius 3 is 2.38 bits per heavy atom. The molecule has 0 spiro atoms. The first kappa shape index (κ1) is 12.1. The first-order valence-corrected chi connectivity index (χ1v) is 7.76. The number of alkyl halides is 1. The maximum absolute atomic E-state index is 12.1. The van der Waals surface area contributed by atoms with Gasteiger partial charge in [0.05, 0.1) is 10.6 Å². The lowest BCUT2D eigenvalue weighted by atomic mass is 10.1. The van der Waals surface area contributed by atoms with Crippen LogP contribution in [0.4, 0.5) is 0 Å². The summed E-state index contributed by atoms with van der Waals surface area (Å²) in [5.41, 5.74) is 2.15. The standard InChI is InChI=1S/C12H15BrO2S/c1-9-3-4-11(7-10(9)2)16(14,15)8-12(13)5-6-12/h3-4,7H,5-6,8H2,1-2H3. The number of halogens is 1. The van der Waals surface area contributed by atoms with Gasteiger partial charge in [0, 0.05) is 4.32 Å². The van der Waals surface area contributed by atoms with E-state index in [9.17, 15) is 8.42 Å². The predicted molar refractivity (Wildman–Crippen MR) is 68.9 cm³/mol. The van der Waals surface area contributed by atoms with Gasteiger partial charge in [-0.05, 0) is 49.9 Å². The van der Waals surface area contributed by atoms with E-state index in [-0.39, 0.29) is 10.1 Å². The summed E-state index contributed by atoms with van der Waals surface area (Å²) in [5.74, 6) is 0.211. The van der Waals surface area contributed by atoms with E-state index in [2.05, 4.69) is 15.9 Å². The zero-order valence-electron chi connectivity index (χ0n) is 9.46. The number of hydrogen-bond acceptors (Lipinski definition) is 2. The van der Waals surface area contributed by atoms with Crippen LogP contribution in [0.5, 0.6) is 0 Å². The molecule has 1 aromatic rings. The first-order valence-electron chi connectivity index (χ1n) is 5.31. The highest BCUT2D eigenvalue weighted by atomic mass is 79.9. The average Bonchev–Trinajstić information content (AvgIpc) is 2.86. The molecule has 1 fully saturated rings. The third-order valence-electron chi connectivity index (χ3n) is 3.08. The summed E-state index contributed by atoms with van der Waals surface area (Å²) < 4.78 is 24.1. The van der Waals surface area contributed by atoms with Gasteiger partial charge in [-0.1, -0.05) is 22.0 Å². The van der Waals surface area contributed by atoms with Crippen molar-refractivity contribution in [3.05, 3.63) is 29.3 Å². The van der Waals surface area contributed by atoms with Crippen molar-refractivity contribution in [2.75, 3.05) is 5.75 Å². The van der Waals surface area contributed by atoms with E-state index in [4.69, 9.17) is 0 Å². The molecule has 0 amide bonds. The van der Waals surface area contributed by atoms with Gasteiger partial charge in [-0.3, -0.25) is 0 Å². The topological polar surface area (TPSA) is 34.1 Å². The summed E-state index contributed by atoms with van der Waals surface area (Å²) in [5, 5.41) is 0. The molecular formula is C12H15BrO2S. The largest absolute Gasteiger partial charge is 0.224 e. The summed E-state index contributed by atoms with van der Waals surface area (Å²) in [6, 6.07) is 5.34. The minimum atomic E-state index is -3.14. The van der Waals surface area contributed by atoms with Crippen LogP contribution in [0.15, 0.2) is 23.1 Å². The Hall–Kier alpha value is -0.350. The summed E-state index contributed by atoms with van der Waals surface area (Å²) in [6.45, 7) is 3.92. The van der Waals surface area contributed by atoms with Crippen molar-refractivity contribution in [2.24, 2.45) is 0 Å². The molecule has 0 aliphatic heterocycles. The number of sulfone groups is 1. The van der Waals surface area contributed by atoms with Crippen LogP contribution in [0.2, 0.25) is 0 Å². The van der Waals surface area contributed by atoms with Crippen LogP contribution in [0.3, 0.4) is 0 Å². The first-order chi connectivity index (χ1) is 7.32. The van der Waals surface area contributed by atoms with E-state index < -0.39 is 9.84 Å². The SMILES string of the molecule is Cc1ccc(S(=O)(=O)CC2(Br)CC2)cc1C. The number of rotatable bonds is 3. The summed E-state index contributed by atoms with van der Waals surface area (Å²) in [4.78, 5) is 0.446. The summed E-state index contributed by atoms with van der Waals surface area (Å²) >= 11 is 3.48. The number of hydrogen-bond donors (Lipinski definition) is 0. The molecule has 2 rings (SSSR count). The Kier molecular flexibility index (Phi) is 2.91. The molecule has 88 valence electrons. The van der Waals surface area contributed by atoms with Gasteiger partial charge in [0.1, 0.15) is 0 Å². The van der Waals surface area contributed by atoms with Gasteiger partial charge in [-0.2, -0.15) is 0 Å². The molecule has 4 heteroatoms. The van der Waals surface area contributed by atoms with Crippen LogP contribution in [0, 0.1) is 13.8 Å². The third kappa shape index (κ3) is 2.48. The van der Waals surface area contributed by atoms with Crippen molar-refractivity contribution in [2.45, 2.75) is 35.9 Å². The molecule has 0 atom stereocenters. The van der Waals surface area contributed by atoms with Crippen LogP contribution in [-0.4, -0.2) is 18.5 Å². The fourth-order valence-electron chi connectivity index (χ4n) is 1.61. The maximum atomic E-state index is 12.1. The Bertz CT molecular complexity index is 516. The Morgan fingerprint density at radius 2 is 1.88 bits per heavy atom. The smallest absolute Gasteiger partial charge is 0.179 e. The fraction of sp³-hybridized carbons (Fsp3) is 0.500. The van der Waals surface area contributed by atoms with Gasteiger partial charge in [-0.15, -0.1) is 0 Å². The molecule has 0 N–H and O–H groups in total. The van der Waals surface area contributed by atoms with Crippen molar-refractivity contribution >= 4 is 25.8 Å². The molecule has 1 aromatic carbocycles. The van der Waals surface area contributed by atoms with Gasteiger partial charge >= 0.3 is 0 Å². The lowest BCUT2D eigenvalue weighted by Gasteiger charge is -2.09. The van der Waals surface area contributed by atoms with E-state index in [0.29, 0.717) is 4.90 Å². The molecule has 16 heavy (non-hydrogen) atoms. The second kappa shape index (κ2) is 3.84. The number of benzene rings is 1. The highest BCUT2D eigenvalue weighted by Gasteiger charge is 2.44. The second-order valence-electron chi connectivity index (χ2n) is 4.66. The van der Waals surface area contributed by atoms with Gasteiger partial charge in [0.2, 0.25) is 0 Å².